The zero-order chi connectivity index (χ0) is 26.6. The molecule has 0 aliphatic heterocycles. The summed E-state index contributed by atoms with van der Waals surface area (Å²) in [4.78, 5) is 4.28. The zero-order valence-electron chi connectivity index (χ0n) is 21.4. The van der Waals surface area contributed by atoms with E-state index in [0.29, 0.717) is 5.56 Å². The first-order chi connectivity index (χ1) is 19.8. The molecule has 0 bridgehead atoms. The van der Waals surface area contributed by atoms with Crippen LogP contribution in [0.2, 0.25) is 0 Å². The van der Waals surface area contributed by atoms with Gasteiger partial charge in [-0.2, -0.15) is 5.26 Å². The summed E-state index contributed by atoms with van der Waals surface area (Å²) in [6.07, 6.45) is 3.42. The summed E-state index contributed by atoms with van der Waals surface area (Å²) in [6, 6.07) is 42.0. The molecule has 186 valence electrons. The van der Waals surface area contributed by atoms with Crippen molar-refractivity contribution in [2.24, 2.45) is 0 Å². The summed E-state index contributed by atoms with van der Waals surface area (Å²) >= 11 is 0. The van der Waals surface area contributed by atoms with E-state index in [2.05, 4.69) is 101 Å². The van der Waals surface area contributed by atoms with Gasteiger partial charge in [0.2, 0.25) is 0 Å². The minimum Gasteiger partial charge on any atom is -0.456 e. The topological polar surface area (TPSA) is 54.8 Å². The van der Waals surface area contributed by atoms with E-state index in [4.69, 9.17) is 4.42 Å². The van der Waals surface area contributed by atoms with Crippen LogP contribution in [0.25, 0.3) is 71.7 Å². The van der Waals surface area contributed by atoms with Crippen molar-refractivity contribution in [3.8, 4) is 34.0 Å². The van der Waals surface area contributed by atoms with Gasteiger partial charge in [-0.1, -0.05) is 72.8 Å². The van der Waals surface area contributed by atoms with Crippen molar-refractivity contribution in [3.05, 3.63) is 133 Å². The molecule has 0 aliphatic carbocycles. The highest BCUT2D eigenvalue weighted by Crippen LogP contribution is 2.42. The van der Waals surface area contributed by atoms with Gasteiger partial charge in [0.15, 0.2) is 0 Å². The lowest BCUT2D eigenvalue weighted by atomic mass is 9.96. The van der Waals surface area contributed by atoms with E-state index in [-0.39, 0.29) is 0 Å². The fraction of sp³-hybridized carbons (Fsp3) is 0. The molecular formula is C36H21N3O. The second kappa shape index (κ2) is 8.69. The van der Waals surface area contributed by atoms with Crippen molar-refractivity contribution < 1.29 is 4.42 Å². The van der Waals surface area contributed by atoms with Crippen molar-refractivity contribution >= 4 is 43.7 Å². The number of benzene rings is 5. The third-order valence-corrected chi connectivity index (χ3v) is 7.75. The number of aromatic nitrogens is 2. The van der Waals surface area contributed by atoms with Crippen LogP contribution < -0.4 is 0 Å². The average Bonchev–Trinajstić information content (AvgIpc) is 3.56. The fourth-order valence-electron chi connectivity index (χ4n) is 6.02. The molecule has 0 N–H and O–H groups in total. The highest BCUT2D eigenvalue weighted by atomic mass is 16.3. The predicted molar refractivity (Wildman–Crippen MR) is 161 cm³/mol. The molecule has 5 aromatic carbocycles. The number of nitrogens with zero attached hydrogens (tertiary/aromatic N) is 3. The minimum atomic E-state index is 0.610. The zero-order valence-corrected chi connectivity index (χ0v) is 21.4. The van der Waals surface area contributed by atoms with Crippen LogP contribution in [-0.4, -0.2) is 9.55 Å². The van der Waals surface area contributed by atoms with E-state index in [1.807, 2.05) is 24.3 Å². The summed E-state index contributed by atoms with van der Waals surface area (Å²) < 4.78 is 8.61. The van der Waals surface area contributed by atoms with E-state index in [1.165, 1.54) is 10.8 Å². The van der Waals surface area contributed by atoms with Gasteiger partial charge in [0.25, 0.3) is 0 Å². The van der Waals surface area contributed by atoms with E-state index in [0.717, 1.165) is 60.9 Å². The summed E-state index contributed by atoms with van der Waals surface area (Å²) in [5.41, 5.74) is 9.72. The van der Waals surface area contributed by atoms with Crippen LogP contribution in [0, 0.1) is 11.3 Å². The van der Waals surface area contributed by atoms with Gasteiger partial charge in [0, 0.05) is 45.1 Å². The molecule has 0 spiro atoms. The van der Waals surface area contributed by atoms with Gasteiger partial charge in [-0.3, -0.25) is 4.98 Å². The number of rotatable bonds is 3. The fourth-order valence-corrected chi connectivity index (χ4v) is 6.02. The monoisotopic (exact) mass is 511 g/mol. The maximum Gasteiger partial charge on any atom is 0.136 e. The highest BCUT2D eigenvalue weighted by Gasteiger charge is 2.20. The van der Waals surface area contributed by atoms with Gasteiger partial charge in [-0.15, -0.1) is 0 Å². The lowest BCUT2D eigenvalue weighted by molar-refractivity contribution is 0.669. The molecule has 0 aliphatic rings. The molecule has 0 amide bonds. The summed E-state index contributed by atoms with van der Waals surface area (Å²) in [7, 11) is 0. The number of nitriles is 1. The molecular weight excluding hydrogens is 490 g/mol. The van der Waals surface area contributed by atoms with E-state index < -0.39 is 0 Å². The second-order valence-corrected chi connectivity index (χ2v) is 9.91. The van der Waals surface area contributed by atoms with Crippen LogP contribution in [0.1, 0.15) is 5.56 Å². The lowest BCUT2D eigenvalue weighted by Crippen LogP contribution is -1.97. The molecule has 4 nitrogen and oxygen atoms in total. The molecule has 0 saturated heterocycles. The Bertz CT molecular complexity index is 2300. The maximum atomic E-state index is 9.67. The minimum absolute atomic E-state index is 0.610. The smallest absolute Gasteiger partial charge is 0.136 e. The van der Waals surface area contributed by atoms with Gasteiger partial charge in [0.1, 0.15) is 11.2 Å². The molecule has 8 aromatic rings. The van der Waals surface area contributed by atoms with Crippen LogP contribution in [-0.2, 0) is 0 Å². The Morgan fingerprint density at radius 1 is 0.625 bits per heavy atom. The summed E-state index contributed by atoms with van der Waals surface area (Å²) in [5.74, 6) is 0. The number of pyridine rings is 1. The van der Waals surface area contributed by atoms with Crippen LogP contribution in [0.3, 0.4) is 0 Å². The highest BCUT2D eigenvalue weighted by molar-refractivity contribution is 6.27. The van der Waals surface area contributed by atoms with Gasteiger partial charge in [-0.05, 0) is 53.6 Å². The first kappa shape index (κ1) is 22.3. The van der Waals surface area contributed by atoms with E-state index in [9.17, 15) is 5.26 Å². The number of para-hydroxylation sites is 3. The van der Waals surface area contributed by atoms with Gasteiger partial charge in [-0.25, -0.2) is 0 Å². The van der Waals surface area contributed by atoms with Crippen LogP contribution in [0.5, 0.6) is 0 Å². The molecule has 0 atom stereocenters. The van der Waals surface area contributed by atoms with Crippen molar-refractivity contribution in [1.82, 2.24) is 9.55 Å². The molecule has 0 saturated carbocycles. The van der Waals surface area contributed by atoms with Crippen molar-refractivity contribution in [2.45, 2.75) is 0 Å². The van der Waals surface area contributed by atoms with E-state index >= 15 is 0 Å². The predicted octanol–water partition coefficient (Wildman–Crippen LogP) is 9.28. The first-order valence-corrected chi connectivity index (χ1v) is 13.2. The van der Waals surface area contributed by atoms with Crippen LogP contribution in [0.15, 0.2) is 132 Å². The van der Waals surface area contributed by atoms with Crippen molar-refractivity contribution in [3.63, 3.8) is 0 Å². The van der Waals surface area contributed by atoms with E-state index in [1.54, 1.807) is 18.5 Å². The normalized spacial score (nSPS) is 11.5. The molecule has 4 heteroatoms. The summed E-state index contributed by atoms with van der Waals surface area (Å²) in [6.45, 7) is 0. The number of hydrogen-bond acceptors (Lipinski definition) is 3. The molecule has 3 aromatic heterocycles. The largest absolute Gasteiger partial charge is 0.456 e. The van der Waals surface area contributed by atoms with Crippen LogP contribution >= 0.6 is 0 Å². The first-order valence-electron chi connectivity index (χ1n) is 13.2. The Hall–Kier alpha value is -5.66. The van der Waals surface area contributed by atoms with Crippen molar-refractivity contribution in [1.29, 1.82) is 5.26 Å². The maximum absolute atomic E-state index is 9.67. The Morgan fingerprint density at radius 3 is 2.30 bits per heavy atom. The molecule has 40 heavy (non-hydrogen) atoms. The Balaban J connectivity index is 1.43. The summed E-state index contributed by atoms with van der Waals surface area (Å²) in [5, 5.41) is 14.3. The molecule has 8 rings (SSSR count). The Kier molecular flexibility index (Phi) is 4.85. The molecule has 0 unspecified atom stereocenters. The quantitative estimate of drug-likeness (QED) is 0.237. The Morgan fingerprint density at radius 2 is 1.40 bits per heavy atom. The number of furan rings is 1. The van der Waals surface area contributed by atoms with Gasteiger partial charge in [0.05, 0.1) is 28.4 Å². The SMILES string of the molecule is N#Cc1ccncc1-c1cccc(-c2ccccc2-n2c3ccccc3c3c4c(ccc32)oc2ccccc24)c1. The van der Waals surface area contributed by atoms with Crippen LogP contribution in [0.4, 0.5) is 0 Å². The third kappa shape index (κ3) is 3.22. The third-order valence-electron chi connectivity index (χ3n) is 7.75. The second-order valence-electron chi connectivity index (χ2n) is 9.91. The average molecular weight is 512 g/mol. The molecule has 0 radical (unpaired) electrons. The standard InChI is InChI=1S/C36H21N3O/c37-21-25-18-19-38-22-29(25)24-9-7-8-23(20-24)26-10-1-4-13-30(26)39-31-14-5-2-11-27(31)35-32(39)16-17-34-36(35)28-12-3-6-15-33(28)40-34/h1-20,22H. The van der Waals surface area contributed by atoms with Gasteiger partial charge < -0.3 is 8.98 Å². The number of hydrogen-bond donors (Lipinski definition) is 0. The van der Waals surface area contributed by atoms with Crippen molar-refractivity contribution in [2.75, 3.05) is 0 Å². The molecule has 3 heterocycles. The van der Waals surface area contributed by atoms with Gasteiger partial charge >= 0.3 is 0 Å². The number of fused-ring (bicyclic) bond motifs is 7. The Labute approximate surface area is 230 Å². The lowest BCUT2D eigenvalue weighted by Gasteiger charge is -2.15. The molecule has 0 fully saturated rings.